The lowest BCUT2D eigenvalue weighted by Gasteiger charge is -2.11. The van der Waals surface area contributed by atoms with Gasteiger partial charge in [-0.05, 0) is 36.8 Å². The summed E-state index contributed by atoms with van der Waals surface area (Å²) in [6.45, 7) is 2.20. The lowest BCUT2D eigenvalue weighted by molar-refractivity contribution is -0.114. The zero-order valence-corrected chi connectivity index (χ0v) is 13.0. The molecule has 0 bridgehead atoms. The van der Waals surface area contributed by atoms with Crippen LogP contribution in [-0.2, 0) is 4.79 Å². The molecule has 2 rings (SSSR count). The summed E-state index contributed by atoms with van der Waals surface area (Å²) in [5.41, 5.74) is 2.72. The molecule has 2 aromatic carbocycles. The van der Waals surface area contributed by atoms with E-state index >= 15 is 0 Å². The van der Waals surface area contributed by atoms with E-state index in [1.165, 1.54) is 0 Å². The number of benzene rings is 2. The maximum atomic E-state index is 12.0. The molecule has 0 saturated carbocycles. The second-order valence-electron chi connectivity index (χ2n) is 4.84. The second kappa shape index (κ2) is 7.36. The van der Waals surface area contributed by atoms with Crippen LogP contribution in [0.15, 0.2) is 42.5 Å². The lowest BCUT2D eigenvalue weighted by Crippen LogP contribution is -2.21. The van der Waals surface area contributed by atoms with Crippen LogP contribution in [0.1, 0.15) is 5.56 Å². The van der Waals surface area contributed by atoms with Crippen LogP contribution in [0.3, 0.4) is 0 Å². The van der Waals surface area contributed by atoms with E-state index < -0.39 is 0 Å². The Kier molecular flexibility index (Phi) is 5.25. The smallest absolute Gasteiger partial charge is 0.243 e. The van der Waals surface area contributed by atoms with Crippen LogP contribution in [0.4, 0.5) is 11.4 Å². The number of amides is 1. The maximum Gasteiger partial charge on any atom is 0.243 e. The highest BCUT2D eigenvalue weighted by Gasteiger charge is 2.07. The molecule has 0 heterocycles. The van der Waals surface area contributed by atoms with Gasteiger partial charge in [0, 0.05) is 17.4 Å². The van der Waals surface area contributed by atoms with E-state index in [9.17, 15) is 4.79 Å². The van der Waals surface area contributed by atoms with Crippen molar-refractivity contribution < 1.29 is 14.3 Å². The number of carbonyl (C=O) groups excluding carboxylic acids is 1. The van der Waals surface area contributed by atoms with Crippen molar-refractivity contribution in [3.8, 4) is 11.5 Å². The predicted octanol–water partition coefficient (Wildman–Crippen LogP) is 3.06. The summed E-state index contributed by atoms with van der Waals surface area (Å²) < 4.78 is 10.4. The summed E-state index contributed by atoms with van der Waals surface area (Å²) in [5, 5.41) is 5.90. The molecule has 2 N–H and O–H groups in total. The third-order valence-electron chi connectivity index (χ3n) is 3.14. The second-order valence-corrected chi connectivity index (χ2v) is 4.84. The molecule has 5 heteroatoms. The van der Waals surface area contributed by atoms with Crippen molar-refractivity contribution in [2.75, 3.05) is 31.4 Å². The fourth-order valence-corrected chi connectivity index (χ4v) is 2.06. The van der Waals surface area contributed by atoms with E-state index in [2.05, 4.69) is 10.6 Å². The maximum absolute atomic E-state index is 12.0. The van der Waals surface area contributed by atoms with Crippen molar-refractivity contribution in [1.29, 1.82) is 0 Å². The minimum atomic E-state index is -0.131. The highest BCUT2D eigenvalue weighted by atomic mass is 16.5. The lowest BCUT2D eigenvalue weighted by atomic mass is 10.2. The van der Waals surface area contributed by atoms with E-state index in [-0.39, 0.29) is 12.5 Å². The highest BCUT2D eigenvalue weighted by molar-refractivity contribution is 5.94. The van der Waals surface area contributed by atoms with Crippen molar-refractivity contribution in [2.24, 2.45) is 0 Å². The number of carbonyl (C=O) groups is 1. The van der Waals surface area contributed by atoms with Gasteiger partial charge in [0.15, 0.2) is 11.5 Å². The Bertz CT molecular complexity index is 656. The highest BCUT2D eigenvalue weighted by Crippen LogP contribution is 2.29. The number of anilines is 2. The Morgan fingerprint density at radius 2 is 1.77 bits per heavy atom. The van der Waals surface area contributed by atoms with Crippen molar-refractivity contribution in [1.82, 2.24) is 0 Å². The Morgan fingerprint density at radius 3 is 2.45 bits per heavy atom. The molecule has 0 unspecified atom stereocenters. The Labute approximate surface area is 130 Å². The fraction of sp³-hybridized carbons (Fsp3) is 0.235. The van der Waals surface area contributed by atoms with Gasteiger partial charge in [-0.15, -0.1) is 0 Å². The van der Waals surface area contributed by atoms with Crippen molar-refractivity contribution in [3.05, 3.63) is 48.0 Å². The van der Waals surface area contributed by atoms with Crippen LogP contribution >= 0.6 is 0 Å². The van der Waals surface area contributed by atoms with Gasteiger partial charge in [0.05, 0.1) is 20.8 Å². The molecule has 0 aliphatic carbocycles. The molecule has 0 fully saturated rings. The molecule has 5 nitrogen and oxygen atoms in total. The van der Waals surface area contributed by atoms with Crippen LogP contribution in [-0.4, -0.2) is 26.7 Å². The zero-order chi connectivity index (χ0) is 15.9. The molecule has 0 aliphatic heterocycles. The van der Waals surface area contributed by atoms with Crippen molar-refractivity contribution in [2.45, 2.75) is 6.92 Å². The first-order valence-electron chi connectivity index (χ1n) is 6.95. The monoisotopic (exact) mass is 300 g/mol. The number of hydrogen-bond donors (Lipinski definition) is 2. The standard InChI is InChI=1S/C17H20N2O3/c1-12-5-4-6-13(9-12)18-11-17(20)19-14-7-8-15(21-2)16(10-14)22-3/h4-10,18H,11H2,1-3H3,(H,19,20). The number of methoxy groups -OCH3 is 2. The van der Waals surface area contributed by atoms with E-state index in [1.54, 1.807) is 32.4 Å². The first kappa shape index (κ1) is 15.7. The molecule has 116 valence electrons. The number of aryl methyl sites for hydroxylation is 1. The Morgan fingerprint density at radius 1 is 1.00 bits per heavy atom. The number of hydrogen-bond acceptors (Lipinski definition) is 4. The van der Waals surface area contributed by atoms with E-state index in [0.29, 0.717) is 17.2 Å². The largest absolute Gasteiger partial charge is 0.493 e. The van der Waals surface area contributed by atoms with Crippen LogP contribution in [0.5, 0.6) is 11.5 Å². The van der Waals surface area contributed by atoms with E-state index in [4.69, 9.17) is 9.47 Å². The van der Waals surface area contributed by atoms with Crippen molar-refractivity contribution >= 4 is 17.3 Å². The molecule has 0 saturated heterocycles. The summed E-state index contributed by atoms with van der Waals surface area (Å²) in [6, 6.07) is 13.1. The van der Waals surface area contributed by atoms with Gasteiger partial charge in [-0.1, -0.05) is 12.1 Å². The minimum absolute atomic E-state index is 0.131. The van der Waals surface area contributed by atoms with Gasteiger partial charge in [0.2, 0.25) is 5.91 Å². The average molecular weight is 300 g/mol. The van der Waals surface area contributed by atoms with Gasteiger partial charge in [0.1, 0.15) is 0 Å². The zero-order valence-electron chi connectivity index (χ0n) is 13.0. The first-order chi connectivity index (χ1) is 10.6. The predicted molar refractivity (Wildman–Crippen MR) is 87.8 cm³/mol. The third-order valence-corrected chi connectivity index (χ3v) is 3.14. The normalized spacial score (nSPS) is 9.95. The van der Waals surface area contributed by atoms with Crippen LogP contribution in [0, 0.1) is 6.92 Å². The number of rotatable bonds is 6. The van der Waals surface area contributed by atoms with Crippen LogP contribution in [0.25, 0.3) is 0 Å². The molecular weight excluding hydrogens is 280 g/mol. The van der Waals surface area contributed by atoms with Gasteiger partial charge in [-0.25, -0.2) is 0 Å². The molecule has 0 atom stereocenters. The number of nitrogens with one attached hydrogen (secondary N) is 2. The summed E-state index contributed by atoms with van der Waals surface area (Å²) >= 11 is 0. The molecule has 2 aromatic rings. The summed E-state index contributed by atoms with van der Waals surface area (Å²) in [4.78, 5) is 12.0. The van der Waals surface area contributed by atoms with E-state index in [0.717, 1.165) is 11.3 Å². The molecule has 0 spiro atoms. The SMILES string of the molecule is COc1ccc(NC(=O)CNc2cccc(C)c2)cc1OC. The van der Waals surface area contributed by atoms with Gasteiger partial charge < -0.3 is 20.1 Å². The van der Waals surface area contributed by atoms with Gasteiger partial charge in [-0.3, -0.25) is 4.79 Å². The van der Waals surface area contributed by atoms with Gasteiger partial charge >= 0.3 is 0 Å². The van der Waals surface area contributed by atoms with Gasteiger partial charge in [0.25, 0.3) is 0 Å². The van der Waals surface area contributed by atoms with Crippen molar-refractivity contribution in [3.63, 3.8) is 0 Å². The number of ether oxygens (including phenoxy) is 2. The Hall–Kier alpha value is -2.69. The van der Waals surface area contributed by atoms with Crippen LogP contribution in [0.2, 0.25) is 0 Å². The molecule has 1 amide bonds. The van der Waals surface area contributed by atoms with Crippen LogP contribution < -0.4 is 20.1 Å². The quantitative estimate of drug-likeness (QED) is 0.861. The minimum Gasteiger partial charge on any atom is -0.493 e. The summed E-state index contributed by atoms with van der Waals surface area (Å²) in [5.74, 6) is 1.07. The molecule has 0 aliphatic rings. The first-order valence-corrected chi connectivity index (χ1v) is 6.95. The third kappa shape index (κ3) is 4.15. The Balaban J connectivity index is 1.94. The molecule has 0 radical (unpaired) electrons. The molecule has 0 aromatic heterocycles. The topological polar surface area (TPSA) is 59.6 Å². The summed E-state index contributed by atoms with van der Waals surface area (Å²) in [7, 11) is 3.13. The molecule has 22 heavy (non-hydrogen) atoms. The van der Waals surface area contributed by atoms with E-state index in [1.807, 2.05) is 31.2 Å². The summed E-state index contributed by atoms with van der Waals surface area (Å²) in [6.07, 6.45) is 0. The van der Waals surface area contributed by atoms with Gasteiger partial charge in [-0.2, -0.15) is 0 Å². The average Bonchev–Trinajstić information content (AvgIpc) is 2.53. The fourth-order valence-electron chi connectivity index (χ4n) is 2.06. The molecular formula is C17H20N2O3.